The van der Waals surface area contributed by atoms with E-state index in [0.717, 1.165) is 23.4 Å². The Morgan fingerprint density at radius 1 is 1.00 bits per heavy atom. The van der Waals surface area contributed by atoms with Crippen molar-refractivity contribution in [3.05, 3.63) is 90.0 Å². The van der Waals surface area contributed by atoms with Crippen LogP contribution in [0, 0.1) is 0 Å². The van der Waals surface area contributed by atoms with Gasteiger partial charge in [-0.2, -0.15) is 0 Å². The first-order chi connectivity index (χ1) is 11.3. The molecule has 23 heavy (non-hydrogen) atoms. The molecule has 3 aromatic rings. The number of nitrogens with zero attached hydrogens (tertiary/aromatic N) is 2. The Bertz CT molecular complexity index is 723. The molecule has 0 bridgehead atoms. The number of aromatic nitrogens is 2. The van der Waals surface area contributed by atoms with E-state index in [2.05, 4.69) is 65.0 Å². The second-order valence-corrected chi connectivity index (χ2v) is 6.08. The van der Waals surface area contributed by atoms with E-state index in [-0.39, 0.29) is 6.04 Å². The lowest BCUT2D eigenvalue weighted by Gasteiger charge is -2.22. The van der Waals surface area contributed by atoms with Gasteiger partial charge in [-0.25, -0.2) is 4.98 Å². The van der Waals surface area contributed by atoms with Crippen LogP contribution < -0.4 is 0 Å². The van der Waals surface area contributed by atoms with Gasteiger partial charge in [-0.05, 0) is 17.5 Å². The van der Waals surface area contributed by atoms with Crippen LogP contribution in [-0.2, 0) is 0 Å². The van der Waals surface area contributed by atoms with Crippen LogP contribution >= 0.6 is 12.2 Å². The first-order valence-electron chi connectivity index (χ1n) is 7.96. The van der Waals surface area contributed by atoms with Gasteiger partial charge < -0.3 is 4.57 Å². The zero-order valence-electron chi connectivity index (χ0n) is 13.2. The molecule has 0 saturated carbocycles. The zero-order valence-corrected chi connectivity index (χ0v) is 14.0. The van der Waals surface area contributed by atoms with Crippen LogP contribution in [-0.4, -0.2) is 14.4 Å². The van der Waals surface area contributed by atoms with E-state index >= 15 is 0 Å². The molecule has 0 spiro atoms. The number of thiocarbonyl (C=S) groups is 1. The van der Waals surface area contributed by atoms with Crippen molar-refractivity contribution < 1.29 is 0 Å². The van der Waals surface area contributed by atoms with Crippen molar-refractivity contribution in [1.82, 2.24) is 9.55 Å². The molecule has 116 valence electrons. The number of hydrogen-bond donors (Lipinski definition) is 0. The fourth-order valence-electron chi connectivity index (χ4n) is 2.87. The monoisotopic (exact) mass is 320 g/mol. The smallest absolute Gasteiger partial charge is 0.0959 e. The Balaban J connectivity index is 2.11. The van der Waals surface area contributed by atoms with Gasteiger partial charge in [0.2, 0.25) is 0 Å². The first kappa shape index (κ1) is 15.6. The number of imidazole rings is 1. The molecule has 1 heterocycles. The molecular weight excluding hydrogens is 300 g/mol. The zero-order chi connectivity index (χ0) is 16.1. The fourth-order valence-corrected chi connectivity index (χ4v) is 3.23. The third kappa shape index (κ3) is 3.40. The van der Waals surface area contributed by atoms with Gasteiger partial charge in [-0.3, -0.25) is 0 Å². The van der Waals surface area contributed by atoms with E-state index in [1.165, 1.54) is 11.1 Å². The molecule has 0 fully saturated rings. The van der Waals surface area contributed by atoms with Gasteiger partial charge >= 0.3 is 0 Å². The SMILES string of the molecule is CCCC(=S)c1cncn1C(c1ccccc1)c1ccccc1. The average Bonchev–Trinajstić information content (AvgIpc) is 3.07. The molecule has 0 atom stereocenters. The highest BCUT2D eigenvalue weighted by atomic mass is 32.1. The average molecular weight is 320 g/mol. The minimum Gasteiger partial charge on any atom is -0.318 e. The molecule has 0 aliphatic carbocycles. The van der Waals surface area contributed by atoms with Crippen LogP contribution in [0.4, 0.5) is 0 Å². The highest BCUT2D eigenvalue weighted by Crippen LogP contribution is 2.28. The predicted octanol–water partition coefficient (Wildman–Crippen LogP) is 5.04. The summed E-state index contributed by atoms with van der Waals surface area (Å²) in [6, 6.07) is 21.1. The van der Waals surface area contributed by atoms with Crippen molar-refractivity contribution in [3.8, 4) is 0 Å². The van der Waals surface area contributed by atoms with Crippen LogP contribution in [0.5, 0.6) is 0 Å². The summed E-state index contributed by atoms with van der Waals surface area (Å²) < 4.78 is 2.20. The lowest BCUT2D eigenvalue weighted by Crippen LogP contribution is -2.16. The van der Waals surface area contributed by atoms with Gasteiger partial charge in [-0.1, -0.05) is 86.2 Å². The van der Waals surface area contributed by atoms with Gasteiger partial charge in [0.15, 0.2) is 0 Å². The van der Waals surface area contributed by atoms with E-state index in [0.29, 0.717) is 0 Å². The predicted molar refractivity (Wildman–Crippen MR) is 99.0 cm³/mol. The summed E-state index contributed by atoms with van der Waals surface area (Å²) in [5, 5.41) is 0. The number of rotatable bonds is 6. The number of benzene rings is 2. The van der Waals surface area contributed by atoms with Crippen molar-refractivity contribution >= 4 is 17.1 Å². The van der Waals surface area contributed by atoms with Gasteiger partial charge in [-0.15, -0.1) is 0 Å². The third-order valence-electron chi connectivity index (χ3n) is 3.94. The largest absolute Gasteiger partial charge is 0.318 e. The van der Waals surface area contributed by atoms with Crippen LogP contribution in [0.2, 0.25) is 0 Å². The Hall–Kier alpha value is -2.26. The lowest BCUT2D eigenvalue weighted by molar-refractivity contribution is 0.671. The topological polar surface area (TPSA) is 17.8 Å². The molecule has 0 amide bonds. The Morgan fingerprint density at radius 2 is 1.57 bits per heavy atom. The van der Waals surface area contributed by atoms with Crippen LogP contribution in [0.1, 0.15) is 42.6 Å². The molecule has 2 aromatic carbocycles. The fraction of sp³-hybridized carbons (Fsp3) is 0.200. The highest BCUT2D eigenvalue weighted by Gasteiger charge is 2.19. The molecule has 1 aromatic heterocycles. The summed E-state index contributed by atoms with van der Waals surface area (Å²) in [6.45, 7) is 2.15. The summed E-state index contributed by atoms with van der Waals surface area (Å²) in [6.07, 6.45) is 5.74. The Labute approximate surface area is 142 Å². The molecule has 0 aliphatic heterocycles. The molecular formula is C20H20N2S. The van der Waals surface area contributed by atoms with Crippen molar-refractivity contribution in [2.75, 3.05) is 0 Å². The second kappa shape index (κ2) is 7.34. The summed E-state index contributed by atoms with van der Waals surface area (Å²) in [4.78, 5) is 5.35. The first-order valence-corrected chi connectivity index (χ1v) is 8.37. The molecule has 3 heteroatoms. The summed E-state index contributed by atoms with van der Waals surface area (Å²) in [5.74, 6) is 0. The van der Waals surface area contributed by atoms with Crippen molar-refractivity contribution in [1.29, 1.82) is 0 Å². The third-order valence-corrected chi connectivity index (χ3v) is 4.35. The summed E-state index contributed by atoms with van der Waals surface area (Å²) in [5.41, 5.74) is 3.51. The summed E-state index contributed by atoms with van der Waals surface area (Å²) >= 11 is 5.62. The Kier molecular flexibility index (Phi) is 4.99. The quantitative estimate of drug-likeness (QED) is 0.468. The van der Waals surface area contributed by atoms with Crippen LogP contribution in [0.15, 0.2) is 73.2 Å². The molecule has 3 rings (SSSR count). The van der Waals surface area contributed by atoms with Gasteiger partial charge in [0.05, 0.1) is 24.3 Å². The molecule has 0 aliphatic rings. The maximum absolute atomic E-state index is 5.62. The molecule has 0 N–H and O–H groups in total. The maximum atomic E-state index is 5.62. The van der Waals surface area contributed by atoms with Gasteiger partial charge in [0.1, 0.15) is 0 Å². The van der Waals surface area contributed by atoms with E-state index in [4.69, 9.17) is 12.2 Å². The minimum absolute atomic E-state index is 0.0877. The highest BCUT2D eigenvalue weighted by molar-refractivity contribution is 7.80. The molecule has 2 nitrogen and oxygen atoms in total. The maximum Gasteiger partial charge on any atom is 0.0959 e. The van der Waals surface area contributed by atoms with Crippen LogP contribution in [0.3, 0.4) is 0 Å². The lowest BCUT2D eigenvalue weighted by atomic mass is 9.98. The minimum atomic E-state index is 0.0877. The second-order valence-electron chi connectivity index (χ2n) is 5.58. The Morgan fingerprint density at radius 3 is 2.09 bits per heavy atom. The van der Waals surface area contributed by atoms with E-state index < -0.39 is 0 Å². The summed E-state index contributed by atoms with van der Waals surface area (Å²) in [7, 11) is 0. The van der Waals surface area contributed by atoms with E-state index in [1.807, 2.05) is 24.7 Å². The molecule has 0 radical (unpaired) electrons. The van der Waals surface area contributed by atoms with Crippen molar-refractivity contribution in [2.45, 2.75) is 25.8 Å². The van der Waals surface area contributed by atoms with Crippen molar-refractivity contribution in [2.24, 2.45) is 0 Å². The van der Waals surface area contributed by atoms with Gasteiger partial charge in [0, 0.05) is 4.86 Å². The number of hydrogen-bond acceptors (Lipinski definition) is 2. The van der Waals surface area contributed by atoms with E-state index in [9.17, 15) is 0 Å². The normalized spacial score (nSPS) is 10.9. The van der Waals surface area contributed by atoms with Gasteiger partial charge in [0.25, 0.3) is 0 Å². The molecule has 0 saturated heterocycles. The van der Waals surface area contributed by atoms with E-state index in [1.54, 1.807) is 0 Å². The van der Waals surface area contributed by atoms with Crippen LogP contribution in [0.25, 0.3) is 0 Å². The standard InChI is InChI=1S/C20H20N2S/c1-2-9-19(23)18-14-21-15-22(18)20(16-10-5-3-6-11-16)17-12-7-4-8-13-17/h3-8,10-15,20H,2,9H2,1H3. The molecule has 0 unspecified atom stereocenters. The van der Waals surface area contributed by atoms with Crippen molar-refractivity contribution in [3.63, 3.8) is 0 Å².